The summed E-state index contributed by atoms with van der Waals surface area (Å²) in [5.41, 5.74) is 0.678. The molecule has 1 aliphatic rings. The third-order valence-corrected chi connectivity index (χ3v) is 2.41. The molecule has 0 bridgehead atoms. The van der Waals surface area contributed by atoms with Gasteiger partial charge < -0.3 is 9.47 Å². The van der Waals surface area contributed by atoms with E-state index in [9.17, 15) is 14.4 Å². The Morgan fingerprint density at radius 1 is 1.29 bits per heavy atom. The fraction of sp³-hybridized carbons (Fsp3) is 0.250. The molecule has 2 rings (SSSR count). The first-order chi connectivity index (χ1) is 8.06. The Labute approximate surface area is 97.3 Å². The van der Waals surface area contributed by atoms with Crippen LogP contribution in [0.4, 0.5) is 0 Å². The third kappa shape index (κ3) is 2.50. The van der Waals surface area contributed by atoms with Crippen LogP contribution < -0.4 is 4.74 Å². The molecule has 0 spiro atoms. The quantitative estimate of drug-likeness (QED) is 0.436. The lowest BCUT2D eigenvalue weighted by molar-refractivity contribution is -0.152. The highest BCUT2D eigenvalue weighted by atomic mass is 16.6. The van der Waals surface area contributed by atoms with Gasteiger partial charge in [-0.05, 0) is 17.7 Å². The molecule has 17 heavy (non-hydrogen) atoms. The third-order valence-electron chi connectivity index (χ3n) is 2.41. The van der Waals surface area contributed by atoms with Gasteiger partial charge in [0.1, 0.15) is 5.75 Å². The maximum Gasteiger partial charge on any atom is 0.321 e. The van der Waals surface area contributed by atoms with Crippen molar-refractivity contribution in [1.82, 2.24) is 0 Å². The lowest BCUT2D eigenvalue weighted by Gasteiger charge is -2.06. The van der Waals surface area contributed by atoms with Gasteiger partial charge in [-0.25, -0.2) is 0 Å². The van der Waals surface area contributed by atoms with Gasteiger partial charge in [-0.15, -0.1) is 0 Å². The summed E-state index contributed by atoms with van der Waals surface area (Å²) in [6.45, 7) is 1.31. The van der Waals surface area contributed by atoms with Crippen LogP contribution in [0.15, 0.2) is 24.3 Å². The van der Waals surface area contributed by atoms with Gasteiger partial charge in [0.25, 0.3) is 0 Å². The number of cyclic esters (lactones) is 2. The number of hydrogen-bond acceptors (Lipinski definition) is 5. The minimum atomic E-state index is -0.547. The van der Waals surface area contributed by atoms with E-state index >= 15 is 0 Å². The van der Waals surface area contributed by atoms with Gasteiger partial charge in [-0.1, -0.05) is 12.1 Å². The first kappa shape index (κ1) is 11.3. The van der Waals surface area contributed by atoms with Gasteiger partial charge in [0.2, 0.25) is 0 Å². The van der Waals surface area contributed by atoms with E-state index < -0.39 is 23.8 Å². The highest BCUT2D eigenvalue weighted by Gasteiger charge is 2.34. The number of rotatable bonds is 2. The smallest absolute Gasteiger partial charge is 0.321 e. The number of carbonyl (C=O) groups is 3. The summed E-state index contributed by atoms with van der Waals surface area (Å²) in [4.78, 5) is 33.0. The Balaban J connectivity index is 2.15. The van der Waals surface area contributed by atoms with Gasteiger partial charge in [-0.2, -0.15) is 0 Å². The summed E-state index contributed by atoms with van der Waals surface area (Å²) in [7, 11) is 0. The molecule has 0 aliphatic carbocycles. The van der Waals surface area contributed by atoms with Crippen molar-refractivity contribution in [2.24, 2.45) is 0 Å². The zero-order chi connectivity index (χ0) is 12.4. The second-order valence-corrected chi connectivity index (χ2v) is 3.71. The molecule has 1 heterocycles. The molecule has 1 aromatic carbocycles. The standard InChI is InChI=1S/C12H10O5/c1-7(13)16-9-4-2-8(3-5-9)10-6-11(14)17-12(10)15/h2-5,10H,6H2,1H3/t10-/m1/s1. The zero-order valence-corrected chi connectivity index (χ0v) is 9.14. The fourth-order valence-corrected chi connectivity index (χ4v) is 1.66. The van der Waals surface area contributed by atoms with Crippen LogP contribution in [-0.2, 0) is 19.1 Å². The van der Waals surface area contributed by atoms with E-state index in [1.54, 1.807) is 24.3 Å². The minimum absolute atomic E-state index is 0.0613. The number of carbonyl (C=O) groups excluding carboxylic acids is 3. The SMILES string of the molecule is CC(=O)Oc1ccc([C@H]2CC(=O)OC2=O)cc1. The first-order valence-electron chi connectivity index (χ1n) is 5.09. The van der Waals surface area contributed by atoms with Crippen molar-refractivity contribution >= 4 is 17.9 Å². The molecule has 0 unspecified atom stereocenters. The Morgan fingerprint density at radius 2 is 1.94 bits per heavy atom. The Morgan fingerprint density at radius 3 is 2.41 bits per heavy atom. The highest BCUT2D eigenvalue weighted by Crippen LogP contribution is 2.28. The topological polar surface area (TPSA) is 69.7 Å². The van der Waals surface area contributed by atoms with E-state index in [0.717, 1.165) is 0 Å². The average Bonchev–Trinajstić information content (AvgIpc) is 2.58. The number of esters is 3. The predicted octanol–water partition coefficient (Wildman–Crippen LogP) is 1.17. The van der Waals surface area contributed by atoms with Gasteiger partial charge >= 0.3 is 17.9 Å². The van der Waals surface area contributed by atoms with Crippen molar-refractivity contribution in [1.29, 1.82) is 0 Å². The molecule has 0 radical (unpaired) electrons. The molecule has 0 aromatic heterocycles. The Bertz CT molecular complexity index is 474. The lowest BCUT2D eigenvalue weighted by Crippen LogP contribution is -2.06. The minimum Gasteiger partial charge on any atom is -0.427 e. The lowest BCUT2D eigenvalue weighted by atomic mass is 9.98. The van der Waals surface area contributed by atoms with Crippen molar-refractivity contribution in [2.45, 2.75) is 19.3 Å². The first-order valence-corrected chi connectivity index (χ1v) is 5.09. The van der Waals surface area contributed by atoms with Crippen molar-refractivity contribution in [2.75, 3.05) is 0 Å². The van der Waals surface area contributed by atoms with Crippen LogP contribution in [0.5, 0.6) is 5.75 Å². The molecule has 88 valence electrons. The van der Waals surface area contributed by atoms with E-state index in [1.807, 2.05) is 0 Å². The van der Waals surface area contributed by atoms with Crippen LogP contribution in [-0.4, -0.2) is 17.9 Å². The van der Waals surface area contributed by atoms with Crippen LogP contribution in [0.25, 0.3) is 0 Å². The van der Waals surface area contributed by atoms with Gasteiger partial charge in [0.15, 0.2) is 0 Å². The molecular formula is C12H10O5. The molecule has 0 saturated carbocycles. The van der Waals surface area contributed by atoms with E-state index in [-0.39, 0.29) is 6.42 Å². The fourth-order valence-electron chi connectivity index (χ4n) is 1.66. The summed E-state index contributed by atoms with van der Waals surface area (Å²) in [5, 5.41) is 0. The van der Waals surface area contributed by atoms with E-state index in [1.165, 1.54) is 6.92 Å². The number of ether oxygens (including phenoxy) is 2. The molecule has 0 amide bonds. The summed E-state index contributed by atoms with van der Waals surface area (Å²) < 4.78 is 9.32. The van der Waals surface area contributed by atoms with Crippen molar-refractivity contribution < 1.29 is 23.9 Å². The van der Waals surface area contributed by atoms with Crippen molar-refractivity contribution in [3.05, 3.63) is 29.8 Å². The Hall–Kier alpha value is -2.17. The maximum atomic E-state index is 11.3. The molecule has 1 atom stereocenters. The van der Waals surface area contributed by atoms with Gasteiger partial charge in [0, 0.05) is 6.92 Å². The monoisotopic (exact) mass is 234 g/mol. The second-order valence-electron chi connectivity index (χ2n) is 3.71. The summed E-state index contributed by atoms with van der Waals surface area (Å²) in [6, 6.07) is 6.44. The Kier molecular flexibility index (Phi) is 2.91. The van der Waals surface area contributed by atoms with Crippen LogP contribution in [0.3, 0.4) is 0 Å². The summed E-state index contributed by atoms with van der Waals surface area (Å²) in [5.74, 6) is -1.60. The van der Waals surface area contributed by atoms with E-state index in [4.69, 9.17) is 4.74 Å². The van der Waals surface area contributed by atoms with Gasteiger partial charge in [0.05, 0.1) is 12.3 Å². The van der Waals surface area contributed by atoms with Crippen LogP contribution in [0.2, 0.25) is 0 Å². The van der Waals surface area contributed by atoms with Gasteiger partial charge in [-0.3, -0.25) is 14.4 Å². The molecule has 1 aromatic rings. The molecule has 0 N–H and O–H groups in total. The largest absolute Gasteiger partial charge is 0.427 e. The molecular weight excluding hydrogens is 224 g/mol. The van der Waals surface area contributed by atoms with Crippen molar-refractivity contribution in [3.8, 4) is 5.75 Å². The summed E-state index contributed by atoms with van der Waals surface area (Å²) in [6.07, 6.45) is 0.0613. The molecule has 1 fully saturated rings. The van der Waals surface area contributed by atoms with E-state index in [2.05, 4.69) is 4.74 Å². The van der Waals surface area contributed by atoms with Crippen LogP contribution >= 0.6 is 0 Å². The molecule has 1 aliphatic heterocycles. The van der Waals surface area contributed by atoms with Crippen molar-refractivity contribution in [3.63, 3.8) is 0 Å². The highest BCUT2D eigenvalue weighted by molar-refractivity contribution is 5.97. The molecule has 5 heteroatoms. The number of benzene rings is 1. The average molecular weight is 234 g/mol. The maximum absolute atomic E-state index is 11.3. The van der Waals surface area contributed by atoms with E-state index in [0.29, 0.717) is 11.3 Å². The van der Waals surface area contributed by atoms with Crippen LogP contribution in [0, 0.1) is 0 Å². The predicted molar refractivity (Wildman–Crippen MR) is 56.2 cm³/mol. The van der Waals surface area contributed by atoms with Crippen LogP contribution in [0.1, 0.15) is 24.8 Å². The molecule has 5 nitrogen and oxygen atoms in total. The zero-order valence-electron chi connectivity index (χ0n) is 9.14. The number of hydrogen-bond donors (Lipinski definition) is 0. The second kappa shape index (κ2) is 4.37. The molecule has 1 saturated heterocycles. The normalized spacial score (nSPS) is 19.0. The summed E-state index contributed by atoms with van der Waals surface area (Å²) >= 11 is 0.